The molecular formula is C31H27F6N7O2S. The highest BCUT2D eigenvalue weighted by Crippen LogP contribution is 2.48. The van der Waals surface area contributed by atoms with Crippen molar-refractivity contribution in [2.75, 3.05) is 37.9 Å². The number of thiophene rings is 1. The van der Waals surface area contributed by atoms with Gasteiger partial charge in [0.05, 0.1) is 29.1 Å². The predicted molar refractivity (Wildman–Crippen MR) is 164 cm³/mol. The topological polar surface area (TPSA) is 117 Å². The fourth-order valence-electron chi connectivity index (χ4n) is 6.25. The van der Waals surface area contributed by atoms with Crippen LogP contribution in [0.25, 0.3) is 32.1 Å². The summed E-state index contributed by atoms with van der Waals surface area (Å²) in [7, 11) is 2.76. The Morgan fingerprint density at radius 3 is 2.70 bits per heavy atom. The zero-order chi connectivity index (χ0) is 33.6. The summed E-state index contributed by atoms with van der Waals surface area (Å²) in [6.07, 6.45) is 0.517. The van der Waals surface area contributed by atoms with Gasteiger partial charge >= 0.3 is 12.2 Å². The third kappa shape index (κ3) is 6.00. The van der Waals surface area contributed by atoms with Crippen molar-refractivity contribution >= 4 is 43.1 Å². The molecule has 246 valence electrons. The van der Waals surface area contributed by atoms with Crippen molar-refractivity contribution in [3.63, 3.8) is 0 Å². The van der Waals surface area contributed by atoms with Crippen LogP contribution >= 0.6 is 11.3 Å². The summed E-state index contributed by atoms with van der Waals surface area (Å²) in [6, 6.07) is 4.71. The van der Waals surface area contributed by atoms with E-state index >= 15 is 4.39 Å². The lowest BCUT2D eigenvalue weighted by molar-refractivity contribution is -0.137. The molecule has 47 heavy (non-hydrogen) atoms. The number of hydrogen-bond acceptors (Lipinski definition) is 10. The van der Waals surface area contributed by atoms with Gasteiger partial charge in [-0.3, -0.25) is 4.90 Å². The van der Waals surface area contributed by atoms with E-state index in [2.05, 4.69) is 20.0 Å². The number of alkyl halides is 4. The lowest BCUT2D eigenvalue weighted by Crippen LogP contribution is -2.22. The Kier molecular flexibility index (Phi) is 8.62. The quantitative estimate of drug-likeness (QED) is 0.195. The van der Waals surface area contributed by atoms with Crippen molar-refractivity contribution in [1.29, 1.82) is 5.26 Å². The van der Waals surface area contributed by atoms with Crippen LogP contribution in [-0.4, -0.2) is 59.5 Å². The summed E-state index contributed by atoms with van der Waals surface area (Å²) in [5.74, 6) is -2.21. The molecule has 2 aliphatic heterocycles. The van der Waals surface area contributed by atoms with Crippen LogP contribution in [0.5, 0.6) is 6.01 Å². The number of methoxy groups -OCH3 is 1. The molecule has 2 saturated heterocycles. The van der Waals surface area contributed by atoms with Crippen LogP contribution in [0.4, 0.5) is 37.2 Å². The molecule has 2 aromatic carbocycles. The molecule has 0 bridgehead atoms. The van der Waals surface area contributed by atoms with Crippen molar-refractivity contribution in [2.24, 2.45) is 0 Å². The molecule has 0 aliphatic carbocycles. The van der Waals surface area contributed by atoms with E-state index < -0.39 is 40.6 Å². The van der Waals surface area contributed by atoms with Gasteiger partial charge in [-0.15, -0.1) is 11.3 Å². The number of nitrogens with two attached hydrogens (primary N) is 1. The molecule has 2 fully saturated rings. The highest BCUT2D eigenvalue weighted by atomic mass is 32.1. The summed E-state index contributed by atoms with van der Waals surface area (Å²) < 4.78 is 96.6. The van der Waals surface area contributed by atoms with E-state index in [1.807, 2.05) is 0 Å². The number of fused-ring (bicyclic) bond motifs is 3. The fraction of sp³-hybridized carbons (Fsp3) is 0.355. The number of ether oxygens (including phenoxy) is 1. The van der Waals surface area contributed by atoms with Crippen molar-refractivity contribution in [1.82, 2.24) is 20.0 Å². The molecule has 5 aromatic rings. The van der Waals surface area contributed by atoms with Gasteiger partial charge in [-0.25, -0.2) is 13.2 Å². The first kappa shape index (κ1) is 32.3. The average molecular weight is 676 g/mol. The van der Waals surface area contributed by atoms with E-state index in [9.17, 15) is 27.2 Å². The third-order valence-corrected chi connectivity index (χ3v) is 9.33. The van der Waals surface area contributed by atoms with Crippen molar-refractivity contribution in [3.8, 4) is 23.2 Å². The largest absolute Gasteiger partial charge is 0.467 e. The second-order valence-corrected chi connectivity index (χ2v) is 12.4. The van der Waals surface area contributed by atoms with Gasteiger partial charge in [0.25, 0.3) is 0 Å². The average Bonchev–Trinajstić information content (AvgIpc) is 3.82. The normalized spacial score (nSPS) is 17.9. The number of nitrogens with zero attached hydrogens (tertiary/aromatic N) is 6. The number of hydrogen-bond donors (Lipinski definition) is 1. The zero-order valence-electron chi connectivity index (χ0n) is 25.0. The van der Waals surface area contributed by atoms with Crippen LogP contribution < -0.4 is 15.4 Å². The van der Waals surface area contributed by atoms with Gasteiger partial charge in [0.2, 0.25) is 0 Å². The Morgan fingerprint density at radius 1 is 1.26 bits per heavy atom. The number of halogens is 6. The molecule has 0 saturated carbocycles. The van der Waals surface area contributed by atoms with Crippen LogP contribution in [0.3, 0.4) is 0 Å². The molecule has 0 spiro atoms. The Hall–Kier alpha value is -4.62. The molecular weight excluding hydrogens is 648 g/mol. The van der Waals surface area contributed by atoms with Crippen molar-refractivity contribution in [2.45, 2.75) is 44.2 Å². The molecule has 2 atom stereocenters. The molecule has 7 rings (SSSR count). The number of nitrogen functional groups attached to an aromatic ring is 1. The smallest absolute Gasteiger partial charge is 0.417 e. The van der Waals surface area contributed by atoms with Gasteiger partial charge in [0, 0.05) is 48.1 Å². The van der Waals surface area contributed by atoms with E-state index in [0.29, 0.717) is 29.5 Å². The number of rotatable bonds is 5. The SMILES string of the molecule is COc1nc(N(C)Cc2cnoc2)c2cc(C(F)(F)F)c(-c3ccc(F)c4sc(N)c(C#N)c34)c(F)c2n1.FC1CC2CCCN2C1. The first-order chi connectivity index (χ1) is 22.4. The van der Waals surface area contributed by atoms with Crippen LogP contribution in [0, 0.1) is 23.0 Å². The number of nitriles is 1. The van der Waals surface area contributed by atoms with Crippen LogP contribution in [0.15, 0.2) is 35.2 Å². The highest BCUT2D eigenvalue weighted by Gasteiger charge is 2.38. The Balaban J connectivity index is 0.000000366. The molecule has 0 radical (unpaired) electrons. The van der Waals surface area contributed by atoms with Crippen LogP contribution in [-0.2, 0) is 12.7 Å². The van der Waals surface area contributed by atoms with Gasteiger partial charge in [-0.1, -0.05) is 11.2 Å². The second kappa shape index (κ2) is 12.5. The summed E-state index contributed by atoms with van der Waals surface area (Å²) in [5, 5.41) is 12.6. The van der Waals surface area contributed by atoms with Crippen molar-refractivity contribution < 1.29 is 35.6 Å². The Morgan fingerprint density at radius 2 is 2.04 bits per heavy atom. The Bertz CT molecular complexity index is 1980. The molecule has 0 amide bonds. The molecule has 5 heterocycles. The maximum absolute atomic E-state index is 16.3. The maximum atomic E-state index is 16.3. The minimum atomic E-state index is -5.05. The van der Waals surface area contributed by atoms with Crippen LogP contribution in [0.1, 0.15) is 36.0 Å². The molecule has 2 aliphatic rings. The summed E-state index contributed by atoms with van der Waals surface area (Å²) in [6.45, 7) is 1.97. The lowest BCUT2D eigenvalue weighted by Gasteiger charge is -2.22. The summed E-state index contributed by atoms with van der Waals surface area (Å²) >= 11 is 0.687. The van der Waals surface area contributed by atoms with E-state index in [4.69, 9.17) is 15.0 Å². The van der Waals surface area contributed by atoms with Crippen molar-refractivity contribution in [3.05, 3.63) is 59.0 Å². The van der Waals surface area contributed by atoms with E-state index in [-0.39, 0.29) is 50.0 Å². The fourth-order valence-corrected chi connectivity index (χ4v) is 7.20. The lowest BCUT2D eigenvalue weighted by atomic mass is 9.92. The molecule has 9 nitrogen and oxygen atoms in total. The molecule has 3 aromatic heterocycles. The first-order valence-electron chi connectivity index (χ1n) is 14.4. The molecule has 2 unspecified atom stereocenters. The maximum Gasteiger partial charge on any atom is 0.417 e. The third-order valence-electron chi connectivity index (χ3n) is 8.30. The summed E-state index contributed by atoms with van der Waals surface area (Å²) in [5.41, 5.74) is 3.09. The van der Waals surface area contributed by atoms with Crippen LogP contribution in [0.2, 0.25) is 0 Å². The minimum Gasteiger partial charge on any atom is -0.467 e. The van der Waals surface area contributed by atoms with Gasteiger partial charge in [0.15, 0.2) is 5.82 Å². The number of aromatic nitrogens is 3. The Labute approximate surface area is 268 Å². The number of benzene rings is 2. The predicted octanol–water partition coefficient (Wildman–Crippen LogP) is 7.09. The van der Waals surface area contributed by atoms with E-state index in [0.717, 1.165) is 31.2 Å². The van der Waals surface area contributed by atoms with E-state index in [1.165, 1.54) is 44.4 Å². The van der Waals surface area contributed by atoms with Gasteiger partial charge < -0.3 is 19.9 Å². The van der Waals surface area contributed by atoms with Gasteiger partial charge in [0.1, 0.15) is 40.7 Å². The van der Waals surface area contributed by atoms with E-state index in [1.54, 1.807) is 6.07 Å². The second-order valence-electron chi connectivity index (χ2n) is 11.3. The number of anilines is 2. The summed E-state index contributed by atoms with van der Waals surface area (Å²) in [4.78, 5) is 11.9. The molecule has 2 N–H and O–H groups in total. The van der Waals surface area contributed by atoms with Gasteiger partial charge in [-0.2, -0.15) is 28.4 Å². The highest BCUT2D eigenvalue weighted by molar-refractivity contribution is 7.23. The standard InChI is InChI=1S/C24H15F5N6O2S.C7H12FN/c1-35(8-10-7-32-37-9-10)22-12-5-14(24(27,28)29)17(18(26)19(12)33-23(34-22)36-2)11-3-4-15(25)20-16(11)13(6-30)21(31)38-20;8-6-4-7-2-1-3-9(7)5-6/h3-5,7,9H,8,31H2,1-2H3;6-7H,1-5H2. The zero-order valence-corrected chi connectivity index (χ0v) is 25.9. The molecule has 16 heteroatoms. The van der Waals surface area contributed by atoms with Gasteiger partial charge in [-0.05, 0) is 43.5 Å². The monoisotopic (exact) mass is 675 g/mol. The first-order valence-corrected chi connectivity index (χ1v) is 15.3. The minimum absolute atomic E-state index is 0.0502.